The monoisotopic (exact) mass is 344 g/mol. The van der Waals surface area contributed by atoms with Crippen molar-refractivity contribution in [3.05, 3.63) is 53.6 Å². The molecule has 0 bridgehead atoms. The predicted octanol–water partition coefficient (Wildman–Crippen LogP) is 3.90. The highest BCUT2D eigenvalue weighted by Gasteiger charge is 2.32. The second-order valence-electron chi connectivity index (χ2n) is 5.06. The summed E-state index contributed by atoms with van der Waals surface area (Å²) >= 11 is 0. The molecule has 0 fully saturated rings. The second kappa shape index (κ2) is 7.48. The molecule has 24 heavy (non-hydrogen) atoms. The summed E-state index contributed by atoms with van der Waals surface area (Å²) in [7, 11) is 0. The minimum Gasteiger partial charge on any atom is -0.491 e. The molecular weight excluding hydrogens is 328 g/mol. The normalized spacial score (nSPS) is 16.3. The van der Waals surface area contributed by atoms with Crippen molar-refractivity contribution in [2.45, 2.75) is 25.7 Å². The SMILES string of the molecule is Cc1ccnc2c1OCCC2N.Fc1ccccc1OC(F)(F)F. The van der Waals surface area contributed by atoms with Gasteiger partial charge >= 0.3 is 6.36 Å². The van der Waals surface area contributed by atoms with E-state index in [1.807, 2.05) is 13.0 Å². The Hall–Kier alpha value is -2.35. The van der Waals surface area contributed by atoms with Gasteiger partial charge in [0.1, 0.15) is 5.75 Å². The number of nitrogens with two attached hydrogens (primary N) is 1. The maximum atomic E-state index is 12.5. The van der Waals surface area contributed by atoms with Gasteiger partial charge in [0.15, 0.2) is 11.6 Å². The summed E-state index contributed by atoms with van der Waals surface area (Å²) in [5, 5.41) is 0. The van der Waals surface area contributed by atoms with Crippen molar-refractivity contribution < 1.29 is 27.0 Å². The summed E-state index contributed by atoms with van der Waals surface area (Å²) in [5.74, 6) is -0.962. The minimum atomic E-state index is -4.85. The fourth-order valence-corrected chi connectivity index (χ4v) is 2.09. The lowest BCUT2D eigenvalue weighted by Gasteiger charge is -2.22. The highest BCUT2D eigenvalue weighted by atomic mass is 19.4. The molecule has 3 rings (SSSR count). The predicted molar refractivity (Wildman–Crippen MR) is 79.1 cm³/mol. The lowest BCUT2D eigenvalue weighted by Crippen LogP contribution is -2.22. The number of aryl methyl sites for hydroxylation is 1. The average molecular weight is 344 g/mol. The highest BCUT2D eigenvalue weighted by molar-refractivity contribution is 5.38. The number of pyridine rings is 1. The largest absolute Gasteiger partial charge is 0.573 e. The van der Waals surface area contributed by atoms with Crippen LogP contribution < -0.4 is 15.2 Å². The van der Waals surface area contributed by atoms with Crippen LogP contribution in [0, 0.1) is 12.7 Å². The third kappa shape index (κ3) is 4.82. The Bertz CT molecular complexity index is 692. The maximum Gasteiger partial charge on any atom is 0.573 e. The second-order valence-corrected chi connectivity index (χ2v) is 5.06. The van der Waals surface area contributed by atoms with Crippen LogP contribution >= 0.6 is 0 Å². The Morgan fingerprint density at radius 1 is 1.25 bits per heavy atom. The zero-order valence-corrected chi connectivity index (χ0v) is 12.8. The standard InChI is InChI=1S/C9H12N2O.C7H4F4O/c1-6-2-4-11-8-7(10)3-5-12-9(6)8;8-5-3-1-2-4-6(5)12-7(9,10)11/h2,4,7H,3,5,10H2,1H3;1-4H. The van der Waals surface area contributed by atoms with Crippen molar-refractivity contribution in [1.82, 2.24) is 4.98 Å². The van der Waals surface area contributed by atoms with E-state index in [9.17, 15) is 17.6 Å². The zero-order valence-electron chi connectivity index (χ0n) is 12.8. The number of rotatable bonds is 1. The van der Waals surface area contributed by atoms with Crippen LogP contribution in [-0.4, -0.2) is 18.0 Å². The molecule has 8 heteroatoms. The highest BCUT2D eigenvalue weighted by Crippen LogP contribution is 2.30. The molecule has 0 saturated heterocycles. The Labute approximate surface area is 136 Å². The smallest absolute Gasteiger partial charge is 0.491 e. The molecule has 4 nitrogen and oxygen atoms in total. The summed E-state index contributed by atoms with van der Waals surface area (Å²) in [6.45, 7) is 2.72. The van der Waals surface area contributed by atoms with Crippen molar-refractivity contribution in [3.63, 3.8) is 0 Å². The summed E-state index contributed by atoms with van der Waals surface area (Å²) in [6.07, 6.45) is -2.20. The number of ether oxygens (including phenoxy) is 2. The third-order valence-electron chi connectivity index (χ3n) is 3.22. The van der Waals surface area contributed by atoms with E-state index in [2.05, 4.69) is 9.72 Å². The molecule has 0 radical (unpaired) electrons. The molecule has 0 amide bonds. The van der Waals surface area contributed by atoms with Gasteiger partial charge in [-0.25, -0.2) is 4.39 Å². The number of benzene rings is 1. The summed E-state index contributed by atoms with van der Waals surface area (Å²) < 4.78 is 55.9. The number of fused-ring (bicyclic) bond motifs is 1. The number of nitrogens with zero attached hydrogens (tertiary/aromatic N) is 1. The maximum absolute atomic E-state index is 12.5. The van der Waals surface area contributed by atoms with Crippen LogP contribution in [0.2, 0.25) is 0 Å². The van der Waals surface area contributed by atoms with Gasteiger partial charge in [-0.3, -0.25) is 4.98 Å². The van der Waals surface area contributed by atoms with Crippen LogP contribution in [0.15, 0.2) is 36.5 Å². The molecule has 0 aliphatic carbocycles. The molecule has 0 saturated carbocycles. The molecule has 1 aromatic heterocycles. The van der Waals surface area contributed by atoms with E-state index in [0.717, 1.165) is 35.6 Å². The number of hydrogen-bond donors (Lipinski definition) is 1. The number of halogens is 4. The summed E-state index contributed by atoms with van der Waals surface area (Å²) in [5.41, 5.74) is 7.90. The van der Waals surface area contributed by atoms with Gasteiger partial charge in [-0.15, -0.1) is 13.2 Å². The number of aromatic nitrogens is 1. The summed E-state index contributed by atoms with van der Waals surface area (Å²) in [4.78, 5) is 4.21. The fourth-order valence-electron chi connectivity index (χ4n) is 2.09. The number of para-hydroxylation sites is 1. The minimum absolute atomic E-state index is 0.0497. The van der Waals surface area contributed by atoms with Gasteiger partial charge in [0.2, 0.25) is 0 Å². The van der Waals surface area contributed by atoms with Crippen LogP contribution in [0.4, 0.5) is 17.6 Å². The van der Waals surface area contributed by atoms with Crippen molar-refractivity contribution in [1.29, 1.82) is 0 Å². The summed E-state index contributed by atoms with van der Waals surface area (Å²) in [6, 6.07) is 6.32. The molecule has 2 aromatic rings. The molecule has 2 N–H and O–H groups in total. The first-order valence-corrected chi connectivity index (χ1v) is 7.12. The van der Waals surface area contributed by atoms with Gasteiger partial charge in [0.05, 0.1) is 18.3 Å². The van der Waals surface area contributed by atoms with E-state index in [1.54, 1.807) is 6.20 Å². The molecule has 2 heterocycles. The number of alkyl halides is 3. The first-order chi connectivity index (χ1) is 11.3. The van der Waals surface area contributed by atoms with Gasteiger partial charge in [-0.1, -0.05) is 12.1 Å². The lowest BCUT2D eigenvalue weighted by molar-refractivity contribution is -0.275. The van der Waals surface area contributed by atoms with Crippen molar-refractivity contribution >= 4 is 0 Å². The van der Waals surface area contributed by atoms with Gasteiger partial charge in [0, 0.05) is 12.6 Å². The zero-order chi connectivity index (χ0) is 17.7. The molecule has 1 unspecified atom stereocenters. The van der Waals surface area contributed by atoms with E-state index in [-0.39, 0.29) is 6.04 Å². The molecular formula is C16H16F4N2O2. The lowest BCUT2D eigenvalue weighted by atomic mass is 10.1. The molecule has 0 spiro atoms. The third-order valence-corrected chi connectivity index (χ3v) is 3.22. The van der Waals surface area contributed by atoms with Crippen molar-refractivity contribution in [2.75, 3.05) is 6.61 Å². The van der Waals surface area contributed by atoms with Gasteiger partial charge in [-0.2, -0.15) is 0 Å². The van der Waals surface area contributed by atoms with Crippen LogP contribution in [0.25, 0.3) is 0 Å². The quantitative estimate of drug-likeness (QED) is 0.797. The van der Waals surface area contributed by atoms with E-state index in [4.69, 9.17) is 10.5 Å². The molecule has 1 aliphatic heterocycles. The Kier molecular flexibility index (Phi) is 5.61. The first kappa shape index (κ1) is 18.0. The van der Waals surface area contributed by atoms with Crippen molar-refractivity contribution in [3.8, 4) is 11.5 Å². The van der Waals surface area contributed by atoms with Gasteiger partial charge in [0.25, 0.3) is 0 Å². The van der Waals surface area contributed by atoms with Gasteiger partial charge < -0.3 is 15.2 Å². The Balaban J connectivity index is 0.000000174. The Morgan fingerprint density at radius 3 is 2.58 bits per heavy atom. The van der Waals surface area contributed by atoms with E-state index in [0.29, 0.717) is 6.61 Å². The number of hydrogen-bond acceptors (Lipinski definition) is 4. The topological polar surface area (TPSA) is 57.4 Å². The molecule has 1 aromatic carbocycles. The first-order valence-electron chi connectivity index (χ1n) is 7.12. The average Bonchev–Trinajstić information content (AvgIpc) is 2.50. The molecule has 130 valence electrons. The Morgan fingerprint density at radius 2 is 1.96 bits per heavy atom. The fraction of sp³-hybridized carbons (Fsp3) is 0.312. The molecule has 1 atom stereocenters. The van der Waals surface area contributed by atoms with Crippen LogP contribution in [0.5, 0.6) is 11.5 Å². The van der Waals surface area contributed by atoms with E-state index in [1.165, 1.54) is 12.1 Å². The van der Waals surface area contributed by atoms with E-state index >= 15 is 0 Å². The van der Waals surface area contributed by atoms with Crippen LogP contribution in [-0.2, 0) is 0 Å². The van der Waals surface area contributed by atoms with Crippen LogP contribution in [0.1, 0.15) is 23.7 Å². The van der Waals surface area contributed by atoms with E-state index < -0.39 is 17.9 Å². The van der Waals surface area contributed by atoms with Crippen LogP contribution in [0.3, 0.4) is 0 Å². The molecule has 1 aliphatic rings. The van der Waals surface area contributed by atoms with Gasteiger partial charge in [-0.05, 0) is 30.7 Å². The van der Waals surface area contributed by atoms with Crippen molar-refractivity contribution in [2.24, 2.45) is 5.73 Å².